The molecule has 1 saturated heterocycles. The second-order valence-electron chi connectivity index (χ2n) is 5.32. The van der Waals surface area contributed by atoms with E-state index in [-0.39, 0.29) is 18.2 Å². The lowest BCUT2D eigenvalue weighted by Gasteiger charge is -2.26. The maximum Gasteiger partial charge on any atom is 0.225 e. The Bertz CT molecular complexity index is 400. The molecule has 7 heteroatoms. The zero-order chi connectivity index (χ0) is 14.5. The molecule has 1 heterocycles. The van der Waals surface area contributed by atoms with Crippen LogP contribution in [0.1, 0.15) is 27.2 Å². The first-order valence-electron chi connectivity index (χ1n) is 6.63. The van der Waals surface area contributed by atoms with Crippen LogP contribution in [-0.4, -0.2) is 57.2 Å². The molecule has 0 aliphatic carbocycles. The minimum atomic E-state index is -3.29. The molecule has 0 bridgehead atoms. The normalized spacial score (nSPS) is 18.3. The molecule has 6 nitrogen and oxygen atoms in total. The van der Waals surface area contributed by atoms with Crippen LogP contribution in [0.25, 0.3) is 0 Å². The van der Waals surface area contributed by atoms with Crippen LogP contribution in [0.15, 0.2) is 0 Å². The van der Waals surface area contributed by atoms with Gasteiger partial charge in [0, 0.05) is 25.0 Å². The second-order valence-corrected chi connectivity index (χ2v) is 7.41. The van der Waals surface area contributed by atoms with Gasteiger partial charge in [0.2, 0.25) is 15.9 Å². The predicted molar refractivity (Wildman–Crippen MR) is 73.3 cm³/mol. The van der Waals surface area contributed by atoms with E-state index in [0.717, 1.165) is 6.42 Å². The lowest BCUT2D eigenvalue weighted by Crippen LogP contribution is -2.45. The highest BCUT2D eigenvalue weighted by atomic mass is 32.2. The summed E-state index contributed by atoms with van der Waals surface area (Å²) in [5, 5.41) is 2.69. The Morgan fingerprint density at radius 1 is 1.32 bits per heavy atom. The molecule has 0 atom stereocenters. The summed E-state index contributed by atoms with van der Waals surface area (Å²) in [7, 11) is -3.29. The average molecular weight is 292 g/mol. The summed E-state index contributed by atoms with van der Waals surface area (Å²) in [5.74, 6) is -0.161. The summed E-state index contributed by atoms with van der Waals surface area (Å²) < 4.78 is 30.6. The van der Waals surface area contributed by atoms with Gasteiger partial charge in [-0.05, 0) is 6.42 Å². The molecular weight excluding hydrogens is 268 g/mol. The molecule has 1 fully saturated rings. The zero-order valence-electron chi connectivity index (χ0n) is 11.9. The van der Waals surface area contributed by atoms with E-state index in [1.165, 1.54) is 4.31 Å². The lowest BCUT2D eigenvalue weighted by molar-refractivity contribution is -0.129. The molecule has 0 saturated carbocycles. The van der Waals surface area contributed by atoms with Crippen molar-refractivity contribution in [3.8, 4) is 0 Å². The van der Waals surface area contributed by atoms with Gasteiger partial charge in [-0.25, -0.2) is 8.42 Å². The molecule has 0 aromatic rings. The number of carbonyl (C=O) groups excluding carboxylic acids is 1. The van der Waals surface area contributed by atoms with E-state index in [1.54, 1.807) is 0 Å². The number of carbonyl (C=O) groups is 1. The highest BCUT2D eigenvalue weighted by Crippen LogP contribution is 2.19. The molecule has 1 rings (SSSR count). The number of sulfonamides is 1. The van der Waals surface area contributed by atoms with Crippen molar-refractivity contribution in [3.05, 3.63) is 0 Å². The largest absolute Gasteiger partial charge is 0.379 e. The van der Waals surface area contributed by atoms with E-state index < -0.39 is 15.4 Å². The molecular formula is C12H24N2O4S. The summed E-state index contributed by atoms with van der Waals surface area (Å²) >= 11 is 0. The van der Waals surface area contributed by atoms with Crippen LogP contribution in [0.3, 0.4) is 0 Å². The van der Waals surface area contributed by atoms with Crippen molar-refractivity contribution in [2.45, 2.75) is 27.2 Å². The van der Waals surface area contributed by atoms with E-state index in [1.807, 2.05) is 20.8 Å². The Kier molecular flexibility index (Phi) is 5.76. The third kappa shape index (κ3) is 4.74. The number of amides is 1. The quantitative estimate of drug-likeness (QED) is 0.759. The first-order valence-corrected chi connectivity index (χ1v) is 8.24. The topological polar surface area (TPSA) is 75.7 Å². The van der Waals surface area contributed by atoms with Gasteiger partial charge in [0.05, 0.1) is 19.0 Å². The van der Waals surface area contributed by atoms with E-state index in [0.29, 0.717) is 26.3 Å². The van der Waals surface area contributed by atoms with Gasteiger partial charge < -0.3 is 10.1 Å². The molecule has 1 aliphatic heterocycles. The molecule has 19 heavy (non-hydrogen) atoms. The number of morpholine rings is 1. The standard InChI is InChI=1S/C12H24N2O4S/c1-4-12(2,3)11(15)13-5-10-19(16,17)14-6-8-18-9-7-14/h4-10H2,1-3H3,(H,13,15). The van der Waals surface area contributed by atoms with Crippen molar-refractivity contribution in [2.24, 2.45) is 5.41 Å². The lowest BCUT2D eigenvalue weighted by atomic mass is 9.89. The van der Waals surface area contributed by atoms with Crippen molar-refractivity contribution in [1.29, 1.82) is 0 Å². The SMILES string of the molecule is CCC(C)(C)C(=O)NCCS(=O)(=O)N1CCOCC1. The first kappa shape index (κ1) is 16.4. The molecule has 112 valence electrons. The smallest absolute Gasteiger partial charge is 0.225 e. The molecule has 0 aromatic heterocycles. The Morgan fingerprint density at radius 3 is 2.42 bits per heavy atom. The molecule has 0 radical (unpaired) electrons. The van der Waals surface area contributed by atoms with Crippen LogP contribution >= 0.6 is 0 Å². The molecule has 0 unspecified atom stereocenters. The van der Waals surface area contributed by atoms with Crippen LogP contribution in [0.4, 0.5) is 0 Å². The van der Waals surface area contributed by atoms with Gasteiger partial charge in [-0.3, -0.25) is 4.79 Å². The maximum atomic E-state index is 12.0. The summed E-state index contributed by atoms with van der Waals surface area (Å²) in [6, 6.07) is 0. The highest BCUT2D eigenvalue weighted by molar-refractivity contribution is 7.89. The molecule has 1 aliphatic rings. The first-order chi connectivity index (χ1) is 8.79. The number of nitrogens with zero attached hydrogens (tertiary/aromatic N) is 1. The zero-order valence-corrected chi connectivity index (χ0v) is 12.8. The van der Waals surface area contributed by atoms with Gasteiger partial charge >= 0.3 is 0 Å². The van der Waals surface area contributed by atoms with Crippen molar-refractivity contribution < 1.29 is 17.9 Å². The minimum Gasteiger partial charge on any atom is -0.379 e. The molecule has 1 amide bonds. The Balaban J connectivity index is 2.41. The maximum absolute atomic E-state index is 12.0. The number of nitrogens with one attached hydrogen (secondary N) is 1. The third-order valence-corrected chi connectivity index (χ3v) is 5.38. The number of rotatable bonds is 6. The van der Waals surface area contributed by atoms with Crippen LogP contribution < -0.4 is 5.32 Å². The van der Waals surface area contributed by atoms with Crippen molar-refractivity contribution in [2.75, 3.05) is 38.6 Å². The van der Waals surface area contributed by atoms with Gasteiger partial charge in [0.25, 0.3) is 0 Å². The highest BCUT2D eigenvalue weighted by Gasteiger charge is 2.27. The Morgan fingerprint density at radius 2 is 1.89 bits per heavy atom. The number of hydrogen-bond acceptors (Lipinski definition) is 4. The van der Waals surface area contributed by atoms with Gasteiger partial charge in [-0.1, -0.05) is 20.8 Å². The Labute approximate surface area is 115 Å². The van der Waals surface area contributed by atoms with E-state index in [4.69, 9.17) is 4.74 Å². The molecule has 0 spiro atoms. The van der Waals surface area contributed by atoms with E-state index in [9.17, 15) is 13.2 Å². The fourth-order valence-electron chi connectivity index (χ4n) is 1.65. The monoisotopic (exact) mass is 292 g/mol. The van der Waals surface area contributed by atoms with Crippen LogP contribution in [-0.2, 0) is 19.6 Å². The summed E-state index contributed by atoms with van der Waals surface area (Å²) in [5.41, 5.74) is -0.456. The summed E-state index contributed by atoms with van der Waals surface area (Å²) in [4.78, 5) is 11.8. The van der Waals surface area contributed by atoms with E-state index >= 15 is 0 Å². The van der Waals surface area contributed by atoms with Crippen molar-refractivity contribution >= 4 is 15.9 Å². The summed E-state index contributed by atoms with van der Waals surface area (Å²) in [6.07, 6.45) is 0.717. The fourth-order valence-corrected chi connectivity index (χ4v) is 2.97. The molecule has 1 N–H and O–H groups in total. The predicted octanol–water partition coefficient (Wildman–Crippen LogP) is 0.201. The van der Waals surface area contributed by atoms with Crippen molar-refractivity contribution in [1.82, 2.24) is 9.62 Å². The van der Waals surface area contributed by atoms with E-state index in [2.05, 4.69) is 5.32 Å². The van der Waals surface area contributed by atoms with Crippen LogP contribution in [0, 0.1) is 5.41 Å². The summed E-state index contributed by atoms with van der Waals surface area (Å²) in [6.45, 7) is 7.46. The van der Waals surface area contributed by atoms with Gasteiger partial charge in [-0.15, -0.1) is 0 Å². The minimum absolute atomic E-state index is 0.0570. The van der Waals surface area contributed by atoms with Crippen LogP contribution in [0.2, 0.25) is 0 Å². The number of hydrogen-bond donors (Lipinski definition) is 1. The Hall–Kier alpha value is -0.660. The average Bonchev–Trinajstić information content (AvgIpc) is 2.39. The van der Waals surface area contributed by atoms with Crippen LogP contribution in [0.5, 0.6) is 0 Å². The molecule has 0 aromatic carbocycles. The van der Waals surface area contributed by atoms with Crippen molar-refractivity contribution in [3.63, 3.8) is 0 Å². The second kappa shape index (κ2) is 6.67. The van der Waals surface area contributed by atoms with Gasteiger partial charge in [-0.2, -0.15) is 4.31 Å². The third-order valence-electron chi connectivity index (χ3n) is 3.51. The fraction of sp³-hybridized carbons (Fsp3) is 0.917. The van der Waals surface area contributed by atoms with Gasteiger partial charge in [0.1, 0.15) is 0 Å². The number of ether oxygens (including phenoxy) is 1. The van der Waals surface area contributed by atoms with Gasteiger partial charge in [0.15, 0.2) is 0 Å².